The normalized spacial score (nSPS) is 10.1. The van der Waals surface area contributed by atoms with Gasteiger partial charge in [-0.05, 0) is 25.0 Å². The molecular formula is C12H22OS. The molecule has 82 valence electrons. The molecule has 0 unspecified atom stereocenters. The average Bonchev–Trinajstić information content (AvgIpc) is 2.17. The highest BCUT2D eigenvalue weighted by Gasteiger charge is 1.99. The summed E-state index contributed by atoms with van der Waals surface area (Å²) in [4.78, 5) is 11.1. The van der Waals surface area contributed by atoms with Crippen molar-refractivity contribution >= 4 is 16.9 Å². The Morgan fingerprint density at radius 1 is 1.21 bits per heavy atom. The number of allylic oxidation sites excluding steroid dienone is 1. The molecule has 14 heavy (non-hydrogen) atoms. The lowest BCUT2D eigenvalue weighted by Crippen LogP contribution is -1.91. The maximum absolute atomic E-state index is 11.1. The summed E-state index contributed by atoms with van der Waals surface area (Å²) in [7, 11) is 0. The van der Waals surface area contributed by atoms with Crippen LogP contribution < -0.4 is 0 Å². The smallest absolute Gasteiger partial charge is 0.188 e. The Morgan fingerprint density at radius 2 is 1.86 bits per heavy atom. The highest BCUT2D eigenvalue weighted by atomic mass is 32.2. The summed E-state index contributed by atoms with van der Waals surface area (Å²) >= 11 is 1.45. The van der Waals surface area contributed by atoms with Crippen LogP contribution >= 0.6 is 11.8 Å². The summed E-state index contributed by atoms with van der Waals surface area (Å²) in [5, 5.41) is 0.360. The third-order valence-electron chi connectivity index (χ3n) is 2.09. The molecule has 1 nitrogen and oxygen atoms in total. The molecule has 0 aromatic heterocycles. The van der Waals surface area contributed by atoms with Gasteiger partial charge in [0.25, 0.3) is 0 Å². The lowest BCUT2D eigenvalue weighted by molar-refractivity contribution is -0.111. The van der Waals surface area contributed by atoms with Crippen LogP contribution in [0.5, 0.6) is 0 Å². The molecule has 0 rings (SSSR count). The van der Waals surface area contributed by atoms with Gasteiger partial charge in [-0.25, -0.2) is 0 Å². The maximum atomic E-state index is 11.1. The summed E-state index contributed by atoms with van der Waals surface area (Å²) in [5.74, 6) is 0.915. The van der Waals surface area contributed by atoms with E-state index in [1.54, 1.807) is 0 Å². The fraction of sp³-hybridized carbons (Fsp3) is 0.750. The zero-order valence-corrected chi connectivity index (χ0v) is 10.1. The Labute approximate surface area is 92.3 Å². The molecule has 0 amide bonds. The molecule has 0 aromatic rings. The van der Waals surface area contributed by atoms with Crippen molar-refractivity contribution in [3.8, 4) is 0 Å². The Balaban J connectivity index is 3.05. The maximum Gasteiger partial charge on any atom is 0.188 e. The molecule has 0 bridgehead atoms. The quantitative estimate of drug-likeness (QED) is 0.423. The fourth-order valence-electron chi connectivity index (χ4n) is 1.32. The van der Waals surface area contributed by atoms with Crippen molar-refractivity contribution in [2.24, 2.45) is 0 Å². The number of carbonyl (C=O) groups excluding carboxylic acids is 1. The van der Waals surface area contributed by atoms with Crippen LogP contribution in [-0.2, 0) is 4.79 Å². The highest BCUT2D eigenvalue weighted by molar-refractivity contribution is 8.13. The molecule has 0 aliphatic rings. The van der Waals surface area contributed by atoms with E-state index in [1.165, 1.54) is 37.4 Å². The van der Waals surface area contributed by atoms with Crippen LogP contribution in [0.3, 0.4) is 0 Å². The van der Waals surface area contributed by atoms with Gasteiger partial charge >= 0.3 is 0 Å². The van der Waals surface area contributed by atoms with Crippen molar-refractivity contribution in [1.29, 1.82) is 0 Å². The monoisotopic (exact) mass is 214 g/mol. The molecule has 2 heteroatoms. The van der Waals surface area contributed by atoms with Gasteiger partial charge < -0.3 is 0 Å². The first kappa shape index (κ1) is 13.8. The Morgan fingerprint density at radius 3 is 2.50 bits per heavy atom. The van der Waals surface area contributed by atoms with E-state index >= 15 is 0 Å². The van der Waals surface area contributed by atoms with E-state index in [2.05, 4.69) is 6.58 Å². The van der Waals surface area contributed by atoms with Gasteiger partial charge in [0, 0.05) is 6.42 Å². The van der Waals surface area contributed by atoms with E-state index < -0.39 is 0 Å². The second-order valence-corrected chi connectivity index (χ2v) is 4.72. The average molecular weight is 214 g/mol. The molecular weight excluding hydrogens is 192 g/mol. The van der Waals surface area contributed by atoms with Crippen LogP contribution in [-0.4, -0.2) is 10.9 Å². The van der Waals surface area contributed by atoms with Crippen molar-refractivity contribution in [1.82, 2.24) is 0 Å². The summed E-state index contributed by atoms with van der Waals surface area (Å²) < 4.78 is 0. The number of rotatable bonds is 9. The summed E-state index contributed by atoms with van der Waals surface area (Å²) in [5.41, 5.74) is 0. The van der Waals surface area contributed by atoms with Crippen molar-refractivity contribution in [2.45, 2.75) is 51.9 Å². The molecule has 0 aliphatic heterocycles. The van der Waals surface area contributed by atoms with Gasteiger partial charge in [0.15, 0.2) is 5.12 Å². The predicted molar refractivity (Wildman–Crippen MR) is 65.7 cm³/mol. The van der Waals surface area contributed by atoms with Gasteiger partial charge in [0.2, 0.25) is 0 Å². The highest BCUT2D eigenvalue weighted by Crippen LogP contribution is 2.11. The largest absolute Gasteiger partial charge is 0.287 e. The van der Waals surface area contributed by atoms with E-state index in [-0.39, 0.29) is 0 Å². The number of hydrogen-bond acceptors (Lipinski definition) is 2. The Bertz CT molecular complexity index is 154. The minimum Gasteiger partial charge on any atom is -0.287 e. The molecule has 0 aliphatic carbocycles. The van der Waals surface area contributed by atoms with Gasteiger partial charge in [0.05, 0.1) is 0 Å². The molecule has 0 aromatic carbocycles. The molecule has 0 atom stereocenters. The fourth-order valence-corrected chi connectivity index (χ4v) is 1.93. The summed E-state index contributed by atoms with van der Waals surface area (Å²) in [6, 6.07) is 0. The van der Waals surface area contributed by atoms with Gasteiger partial charge in [-0.1, -0.05) is 44.0 Å². The van der Waals surface area contributed by atoms with Crippen LogP contribution in [0.1, 0.15) is 51.9 Å². The van der Waals surface area contributed by atoms with E-state index in [0.29, 0.717) is 5.12 Å². The summed E-state index contributed by atoms with van der Waals surface area (Å²) in [6.07, 6.45) is 9.93. The van der Waals surface area contributed by atoms with E-state index in [1.807, 2.05) is 13.0 Å². The van der Waals surface area contributed by atoms with Crippen LogP contribution in [0.25, 0.3) is 0 Å². The van der Waals surface area contributed by atoms with Crippen LogP contribution in [0.2, 0.25) is 0 Å². The van der Waals surface area contributed by atoms with Gasteiger partial charge in [-0.15, -0.1) is 6.58 Å². The molecule has 0 fully saturated rings. The molecule has 0 spiro atoms. The SMILES string of the molecule is C=CCCCCCCCC(=O)SCC. The van der Waals surface area contributed by atoms with Gasteiger partial charge in [0.1, 0.15) is 0 Å². The predicted octanol–water partition coefficient (Wildman–Crippen LogP) is 4.18. The van der Waals surface area contributed by atoms with E-state index in [9.17, 15) is 4.79 Å². The van der Waals surface area contributed by atoms with Crippen LogP contribution in [0, 0.1) is 0 Å². The lowest BCUT2D eigenvalue weighted by atomic mass is 10.1. The first-order valence-electron chi connectivity index (χ1n) is 5.57. The summed E-state index contributed by atoms with van der Waals surface area (Å²) in [6.45, 7) is 5.72. The molecule has 0 N–H and O–H groups in total. The first-order chi connectivity index (χ1) is 6.81. The Hall–Kier alpha value is -0.240. The number of unbranched alkanes of at least 4 members (excludes halogenated alkanes) is 5. The molecule has 0 heterocycles. The zero-order chi connectivity index (χ0) is 10.6. The van der Waals surface area contributed by atoms with Crippen molar-refractivity contribution in [3.05, 3.63) is 12.7 Å². The molecule has 0 saturated carbocycles. The van der Waals surface area contributed by atoms with E-state index in [0.717, 1.165) is 25.0 Å². The third-order valence-corrected chi connectivity index (χ3v) is 2.91. The standard InChI is InChI=1S/C12H22OS/c1-3-5-6-7-8-9-10-11-12(13)14-4-2/h3H,1,4-11H2,2H3. The topological polar surface area (TPSA) is 17.1 Å². The minimum absolute atomic E-state index is 0.360. The Kier molecular flexibility index (Phi) is 10.7. The number of carbonyl (C=O) groups is 1. The number of hydrogen-bond donors (Lipinski definition) is 0. The van der Waals surface area contributed by atoms with Gasteiger partial charge in [-0.2, -0.15) is 0 Å². The van der Waals surface area contributed by atoms with Crippen LogP contribution in [0.4, 0.5) is 0 Å². The number of thioether (sulfide) groups is 1. The van der Waals surface area contributed by atoms with E-state index in [4.69, 9.17) is 0 Å². The zero-order valence-electron chi connectivity index (χ0n) is 9.26. The minimum atomic E-state index is 0.360. The molecule has 0 radical (unpaired) electrons. The third kappa shape index (κ3) is 9.85. The second-order valence-electron chi connectivity index (χ2n) is 3.40. The van der Waals surface area contributed by atoms with Crippen LogP contribution in [0.15, 0.2) is 12.7 Å². The lowest BCUT2D eigenvalue weighted by Gasteiger charge is -1.99. The first-order valence-corrected chi connectivity index (χ1v) is 6.56. The van der Waals surface area contributed by atoms with Crippen molar-refractivity contribution < 1.29 is 4.79 Å². The van der Waals surface area contributed by atoms with Crippen molar-refractivity contribution in [2.75, 3.05) is 5.75 Å². The van der Waals surface area contributed by atoms with Crippen molar-refractivity contribution in [3.63, 3.8) is 0 Å². The van der Waals surface area contributed by atoms with Gasteiger partial charge in [-0.3, -0.25) is 4.79 Å². The molecule has 0 saturated heterocycles. The second kappa shape index (κ2) is 10.8.